The van der Waals surface area contributed by atoms with Crippen molar-refractivity contribution in [3.63, 3.8) is 0 Å². The van der Waals surface area contributed by atoms with Crippen molar-refractivity contribution < 1.29 is 14.6 Å². The molecule has 1 aliphatic rings. The molecule has 1 aliphatic carbocycles. The molecule has 0 spiro atoms. The number of aliphatic hydroxyl groups excluding tert-OH is 1. The number of aromatic nitrogens is 3. The Labute approximate surface area is 136 Å². The van der Waals surface area contributed by atoms with Crippen LogP contribution in [0.25, 0.3) is 0 Å². The van der Waals surface area contributed by atoms with E-state index in [4.69, 9.17) is 4.74 Å². The van der Waals surface area contributed by atoms with Crippen LogP contribution in [0.1, 0.15) is 39.4 Å². The molecule has 1 aromatic rings. The predicted molar refractivity (Wildman–Crippen MR) is 84.6 cm³/mol. The molecule has 23 heavy (non-hydrogen) atoms. The quantitative estimate of drug-likeness (QED) is 0.743. The topological polar surface area (TPSA) is 103 Å². The molecule has 3 N–H and O–H groups in total. The van der Waals surface area contributed by atoms with Crippen LogP contribution in [-0.4, -0.2) is 62.6 Å². The van der Waals surface area contributed by atoms with Gasteiger partial charge < -0.3 is 15.2 Å². The molecule has 1 aromatic heterocycles. The molecule has 8 nitrogen and oxygen atoms in total. The average molecular weight is 325 g/mol. The maximum atomic E-state index is 11.7. The molecule has 0 saturated heterocycles. The number of H-pyrrole nitrogens is 1. The predicted octanol–water partition coefficient (Wildman–Crippen LogP) is 0.901. The molecule has 2 rings (SSSR count). The third-order valence-corrected chi connectivity index (χ3v) is 4.05. The van der Waals surface area contributed by atoms with Gasteiger partial charge in [-0.25, -0.2) is 9.78 Å². The van der Waals surface area contributed by atoms with Crippen LogP contribution in [0.4, 0.5) is 4.79 Å². The maximum Gasteiger partial charge on any atom is 0.407 e. The van der Waals surface area contributed by atoms with Gasteiger partial charge in [-0.2, -0.15) is 5.10 Å². The fourth-order valence-electron chi connectivity index (χ4n) is 2.93. The van der Waals surface area contributed by atoms with Gasteiger partial charge in [0.25, 0.3) is 0 Å². The monoisotopic (exact) mass is 325 g/mol. The summed E-state index contributed by atoms with van der Waals surface area (Å²) in [7, 11) is 1.96. The second-order valence-electron chi connectivity index (χ2n) is 7.13. The Bertz CT molecular complexity index is 500. The average Bonchev–Trinajstić information content (AvgIpc) is 3.04. The lowest BCUT2D eigenvalue weighted by atomic mass is 10.0. The molecule has 3 atom stereocenters. The van der Waals surface area contributed by atoms with Crippen LogP contribution in [-0.2, 0) is 11.3 Å². The molecule has 1 fully saturated rings. The standard InChI is InChI=1S/C15H27N5O3/c1-15(2,3)23-14(22)16-7-10-5-6-11(13(10)21)20(4)8-12-17-9-18-19-12/h9-11,13,21H,5-8H2,1-4H3,(H,16,22)(H,17,18,19)/t10-,11?,13+/m0/s1. The number of aromatic amines is 1. The Morgan fingerprint density at radius 3 is 2.87 bits per heavy atom. The number of amides is 1. The molecule has 0 aliphatic heterocycles. The van der Waals surface area contributed by atoms with Crippen molar-refractivity contribution in [2.75, 3.05) is 13.6 Å². The fourth-order valence-corrected chi connectivity index (χ4v) is 2.93. The van der Waals surface area contributed by atoms with E-state index in [1.807, 2.05) is 27.8 Å². The number of aliphatic hydroxyl groups is 1. The highest BCUT2D eigenvalue weighted by Crippen LogP contribution is 2.29. The van der Waals surface area contributed by atoms with Crippen LogP contribution in [0, 0.1) is 5.92 Å². The number of likely N-dealkylation sites (N-methyl/N-ethyl adjacent to an activating group) is 1. The van der Waals surface area contributed by atoms with E-state index in [1.165, 1.54) is 6.33 Å². The van der Waals surface area contributed by atoms with Crippen LogP contribution >= 0.6 is 0 Å². The van der Waals surface area contributed by atoms with Crippen molar-refractivity contribution in [1.29, 1.82) is 0 Å². The van der Waals surface area contributed by atoms with E-state index in [2.05, 4.69) is 25.4 Å². The summed E-state index contributed by atoms with van der Waals surface area (Å²) >= 11 is 0. The van der Waals surface area contributed by atoms with Gasteiger partial charge in [-0.1, -0.05) is 0 Å². The Morgan fingerprint density at radius 1 is 1.52 bits per heavy atom. The van der Waals surface area contributed by atoms with Crippen molar-refractivity contribution in [3.8, 4) is 0 Å². The van der Waals surface area contributed by atoms with Crippen LogP contribution < -0.4 is 5.32 Å². The Hall–Kier alpha value is -1.67. The zero-order chi connectivity index (χ0) is 17.0. The van der Waals surface area contributed by atoms with E-state index in [-0.39, 0.29) is 12.0 Å². The second-order valence-corrected chi connectivity index (χ2v) is 7.13. The summed E-state index contributed by atoms with van der Waals surface area (Å²) < 4.78 is 5.22. The normalized spacial score (nSPS) is 24.9. The molecule has 8 heteroatoms. The number of ether oxygens (including phenoxy) is 1. The number of carbonyl (C=O) groups excluding carboxylic acids is 1. The van der Waals surface area contributed by atoms with Crippen molar-refractivity contribution in [2.45, 2.75) is 57.9 Å². The molecule has 0 bridgehead atoms. The molecule has 130 valence electrons. The third kappa shape index (κ3) is 5.18. The van der Waals surface area contributed by atoms with Crippen molar-refractivity contribution >= 4 is 6.09 Å². The number of nitrogens with zero attached hydrogens (tertiary/aromatic N) is 3. The van der Waals surface area contributed by atoms with E-state index in [0.717, 1.165) is 18.7 Å². The first-order valence-electron chi connectivity index (χ1n) is 7.95. The Kier molecular flexibility index (Phi) is 5.59. The molecule has 1 amide bonds. The molecule has 1 heterocycles. The first kappa shape index (κ1) is 17.7. The minimum absolute atomic E-state index is 0.0321. The van der Waals surface area contributed by atoms with E-state index in [9.17, 15) is 9.90 Å². The summed E-state index contributed by atoms with van der Waals surface area (Å²) in [5.41, 5.74) is -0.516. The van der Waals surface area contributed by atoms with Crippen LogP contribution in [0.3, 0.4) is 0 Å². The van der Waals surface area contributed by atoms with Gasteiger partial charge in [0.1, 0.15) is 17.8 Å². The van der Waals surface area contributed by atoms with Crippen LogP contribution in [0.5, 0.6) is 0 Å². The third-order valence-electron chi connectivity index (χ3n) is 4.05. The summed E-state index contributed by atoms with van der Waals surface area (Å²) in [6.07, 6.45) is 2.29. The van der Waals surface area contributed by atoms with E-state index in [1.54, 1.807) is 0 Å². The Morgan fingerprint density at radius 2 is 2.26 bits per heavy atom. The zero-order valence-electron chi connectivity index (χ0n) is 14.2. The van der Waals surface area contributed by atoms with Gasteiger partial charge in [-0.15, -0.1) is 0 Å². The molecule has 0 aromatic carbocycles. The summed E-state index contributed by atoms with van der Waals surface area (Å²) in [6, 6.07) is 0.0468. The van der Waals surface area contributed by atoms with E-state index < -0.39 is 17.8 Å². The number of nitrogens with one attached hydrogen (secondary N) is 2. The second kappa shape index (κ2) is 7.27. The smallest absolute Gasteiger partial charge is 0.407 e. The number of carbonyl (C=O) groups is 1. The lowest BCUT2D eigenvalue weighted by Gasteiger charge is -2.28. The van der Waals surface area contributed by atoms with Gasteiger partial charge in [0.15, 0.2) is 0 Å². The highest BCUT2D eigenvalue weighted by Gasteiger charge is 2.37. The lowest BCUT2D eigenvalue weighted by molar-refractivity contribution is 0.0415. The highest BCUT2D eigenvalue weighted by atomic mass is 16.6. The minimum atomic E-state index is -0.516. The first-order valence-corrected chi connectivity index (χ1v) is 7.95. The molecule has 1 saturated carbocycles. The summed E-state index contributed by atoms with van der Waals surface area (Å²) in [5, 5.41) is 19.9. The van der Waals surface area contributed by atoms with Crippen LogP contribution in [0.2, 0.25) is 0 Å². The summed E-state index contributed by atoms with van der Waals surface area (Å²) in [5.74, 6) is 0.805. The van der Waals surface area contributed by atoms with Crippen molar-refractivity contribution in [1.82, 2.24) is 25.4 Å². The van der Waals surface area contributed by atoms with Crippen molar-refractivity contribution in [3.05, 3.63) is 12.2 Å². The number of hydrogen-bond acceptors (Lipinski definition) is 6. The van der Waals surface area contributed by atoms with Crippen LogP contribution in [0.15, 0.2) is 6.33 Å². The number of hydrogen-bond donors (Lipinski definition) is 3. The fraction of sp³-hybridized carbons (Fsp3) is 0.800. The van der Waals surface area contributed by atoms with Gasteiger partial charge in [0, 0.05) is 18.5 Å². The Balaban J connectivity index is 1.79. The minimum Gasteiger partial charge on any atom is -0.444 e. The molecule has 0 radical (unpaired) electrons. The van der Waals surface area contributed by atoms with Gasteiger partial charge >= 0.3 is 6.09 Å². The van der Waals surface area contributed by atoms with Gasteiger partial charge in [0.05, 0.1) is 12.6 Å². The molecular weight excluding hydrogens is 298 g/mol. The highest BCUT2D eigenvalue weighted by molar-refractivity contribution is 5.67. The van der Waals surface area contributed by atoms with Gasteiger partial charge in [-0.05, 0) is 40.7 Å². The van der Waals surface area contributed by atoms with E-state index >= 15 is 0 Å². The first-order chi connectivity index (χ1) is 10.8. The lowest BCUT2D eigenvalue weighted by Crippen LogP contribution is -2.42. The number of rotatable bonds is 5. The van der Waals surface area contributed by atoms with E-state index in [0.29, 0.717) is 13.1 Å². The molecule has 1 unspecified atom stereocenters. The SMILES string of the molecule is CN(Cc1ncn[nH]1)C1CC[C@@H](CNC(=O)OC(C)(C)C)[C@H]1O. The summed E-state index contributed by atoms with van der Waals surface area (Å²) in [6.45, 7) is 6.50. The number of alkyl carbamates (subject to hydrolysis) is 1. The summed E-state index contributed by atoms with van der Waals surface area (Å²) in [4.78, 5) is 17.9. The van der Waals surface area contributed by atoms with Gasteiger partial charge in [0.2, 0.25) is 0 Å². The maximum absolute atomic E-state index is 11.7. The van der Waals surface area contributed by atoms with Gasteiger partial charge in [-0.3, -0.25) is 10.00 Å². The molecular formula is C15H27N5O3. The largest absolute Gasteiger partial charge is 0.444 e. The zero-order valence-corrected chi connectivity index (χ0v) is 14.2. The van der Waals surface area contributed by atoms with Crippen molar-refractivity contribution in [2.24, 2.45) is 5.92 Å².